The average molecular weight is 999 g/mol. The van der Waals surface area contributed by atoms with Gasteiger partial charge in [-0.2, -0.15) is 0 Å². The number of hydrogen-bond donors (Lipinski definition) is 3. The van der Waals surface area contributed by atoms with Gasteiger partial charge in [0.15, 0.2) is 0 Å². The third-order valence-electron chi connectivity index (χ3n) is 14.7. The molecule has 0 aromatic carbocycles. The fourth-order valence-corrected chi connectivity index (χ4v) is 9.78. The van der Waals surface area contributed by atoms with Crippen molar-refractivity contribution in [1.29, 1.82) is 0 Å². The lowest BCUT2D eigenvalue weighted by Gasteiger charge is -2.20. The lowest BCUT2D eigenvalue weighted by atomic mass is 10.0. The third kappa shape index (κ3) is 57.2. The molecule has 0 aromatic rings. The number of esters is 1. The molecule has 0 rings (SSSR count). The maximum atomic E-state index is 12.5. The minimum atomic E-state index is -0.851. The van der Waals surface area contributed by atoms with Gasteiger partial charge in [0, 0.05) is 12.8 Å². The molecule has 2 atom stereocenters. The number of ether oxygens (including phenoxy) is 1. The first-order valence-electron chi connectivity index (χ1n) is 31.8. The van der Waals surface area contributed by atoms with Gasteiger partial charge in [-0.25, -0.2) is 0 Å². The van der Waals surface area contributed by atoms with Gasteiger partial charge in [-0.15, -0.1) is 0 Å². The minimum absolute atomic E-state index is 0.0101. The van der Waals surface area contributed by atoms with Crippen molar-refractivity contribution >= 4 is 11.9 Å². The quantitative estimate of drug-likeness (QED) is 0.0321. The van der Waals surface area contributed by atoms with Gasteiger partial charge in [-0.1, -0.05) is 301 Å². The molecule has 0 fully saturated rings. The van der Waals surface area contributed by atoms with E-state index < -0.39 is 12.1 Å². The molecule has 1 amide bonds. The van der Waals surface area contributed by atoms with Crippen LogP contribution >= 0.6 is 0 Å². The van der Waals surface area contributed by atoms with E-state index in [4.69, 9.17) is 4.74 Å². The summed E-state index contributed by atoms with van der Waals surface area (Å²) in [5, 5.41) is 23.1. The summed E-state index contributed by atoms with van der Waals surface area (Å²) in [6.07, 6.45) is 76.2. The Bertz CT molecular complexity index is 1150. The molecule has 0 aliphatic heterocycles. The van der Waals surface area contributed by atoms with Crippen LogP contribution in [0.4, 0.5) is 0 Å². The fourth-order valence-electron chi connectivity index (χ4n) is 9.78. The Morgan fingerprint density at radius 3 is 1.07 bits per heavy atom. The molecule has 0 heterocycles. The van der Waals surface area contributed by atoms with E-state index in [1.807, 2.05) is 6.08 Å². The van der Waals surface area contributed by atoms with Crippen LogP contribution in [0.15, 0.2) is 36.5 Å². The van der Waals surface area contributed by atoms with E-state index in [0.717, 1.165) is 57.8 Å². The van der Waals surface area contributed by atoms with Crippen LogP contribution in [0.2, 0.25) is 0 Å². The second-order valence-corrected chi connectivity index (χ2v) is 21.7. The molecule has 418 valence electrons. The molecule has 0 aliphatic rings. The second-order valence-electron chi connectivity index (χ2n) is 21.7. The molecular formula is C65H123NO5. The summed E-state index contributed by atoms with van der Waals surface area (Å²) in [6.45, 7) is 4.91. The van der Waals surface area contributed by atoms with E-state index in [1.54, 1.807) is 6.08 Å². The molecule has 0 saturated heterocycles. The number of rotatable bonds is 59. The molecule has 2 unspecified atom stereocenters. The van der Waals surface area contributed by atoms with Crippen LogP contribution in [0, 0.1) is 0 Å². The van der Waals surface area contributed by atoms with Crippen molar-refractivity contribution < 1.29 is 24.5 Å². The molecule has 0 aromatic heterocycles. The SMILES string of the molecule is CCCCCCCCCCCCCCC/C=C/C(O)C(CO)NC(=O)CCCCCCCCC/C=C\C/C=C\CCCCCCCCCCCOC(=O)CCCCCCCCCCCCCCCCCC. The predicted molar refractivity (Wildman–Crippen MR) is 310 cm³/mol. The zero-order valence-corrected chi connectivity index (χ0v) is 47.7. The number of amides is 1. The number of carbonyl (C=O) groups excluding carboxylic acids is 2. The summed E-state index contributed by atoms with van der Waals surface area (Å²) >= 11 is 0. The molecule has 6 nitrogen and oxygen atoms in total. The molecule has 3 N–H and O–H groups in total. The van der Waals surface area contributed by atoms with E-state index in [-0.39, 0.29) is 18.5 Å². The van der Waals surface area contributed by atoms with Gasteiger partial charge < -0.3 is 20.3 Å². The van der Waals surface area contributed by atoms with Crippen LogP contribution in [0.1, 0.15) is 341 Å². The van der Waals surface area contributed by atoms with Crippen LogP contribution < -0.4 is 5.32 Å². The summed E-state index contributed by atoms with van der Waals surface area (Å²) in [4.78, 5) is 24.5. The number of aliphatic hydroxyl groups is 2. The van der Waals surface area contributed by atoms with Gasteiger partial charge in [-0.3, -0.25) is 9.59 Å². The lowest BCUT2D eigenvalue weighted by molar-refractivity contribution is -0.143. The Hall–Kier alpha value is -1.92. The number of nitrogens with one attached hydrogen (secondary N) is 1. The van der Waals surface area contributed by atoms with Crippen molar-refractivity contribution in [2.24, 2.45) is 0 Å². The number of carbonyl (C=O) groups is 2. The number of allylic oxidation sites excluding steroid dienone is 5. The van der Waals surface area contributed by atoms with E-state index in [1.165, 1.54) is 257 Å². The van der Waals surface area contributed by atoms with Crippen molar-refractivity contribution in [3.63, 3.8) is 0 Å². The summed E-state index contributed by atoms with van der Waals surface area (Å²) in [7, 11) is 0. The van der Waals surface area contributed by atoms with Gasteiger partial charge in [0.25, 0.3) is 0 Å². The Balaban J connectivity index is 3.45. The molecule has 71 heavy (non-hydrogen) atoms. The Morgan fingerprint density at radius 2 is 0.704 bits per heavy atom. The first kappa shape index (κ1) is 69.1. The summed E-state index contributed by atoms with van der Waals surface area (Å²) in [5.41, 5.74) is 0. The summed E-state index contributed by atoms with van der Waals surface area (Å²) in [6, 6.07) is -0.635. The normalized spacial score (nSPS) is 12.8. The molecule has 0 aliphatic carbocycles. The standard InChI is InChI=1S/C65H123NO5/c1-3-5-7-9-11-13-15-17-19-31-35-39-43-47-51-55-59-65(70)71-60-56-52-48-44-40-36-32-28-26-24-22-20-21-23-25-27-30-34-38-42-46-50-54-58-64(69)66-62(61-67)63(68)57-53-49-45-41-37-33-29-18-16-14-12-10-8-6-4-2/h20,22-23,25,53,57,62-63,67-68H,3-19,21,24,26-52,54-56,58-61H2,1-2H3,(H,66,69)/b22-20-,25-23-,57-53+. The Morgan fingerprint density at radius 1 is 0.394 bits per heavy atom. The molecule has 6 heteroatoms. The van der Waals surface area contributed by atoms with E-state index in [2.05, 4.69) is 43.5 Å². The number of aliphatic hydroxyl groups excluding tert-OH is 2. The largest absolute Gasteiger partial charge is 0.466 e. The maximum Gasteiger partial charge on any atom is 0.305 e. The highest BCUT2D eigenvalue weighted by Crippen LogP contribution is 2.17. The van der Waals surface area contributed by atoms with Crippen LogP contribution in [0.5, 0.6) is 0 Å². The van der Waals surface area contributed by atoms with Crippen molar-refractivity contribution in [2.75, 3.05) is 13.2 Å². The van der Waals surface area contributed by atoms with Gasteiger partial charge in [-0.05, 0) is 64.2 Å². The van der Waals surface area contributed by atoms with E-state index in [9.17, 15) is 19.8 Å². The van der Waals surface area contributed by atoms with Crippen molar-refractivity contribution in [1.82, 2.24) is 5.32 Å². The molecule has 0 spiro atoms. The van der Waals surface area contributed by atoms with Crippen LogP contribution in [0.3, 0.4) is 0 Å². The van der Waals surface area contributed by atoms with Gasteiger partial charge in [0.2, 0.25) is 5.91 Å². The fraction of sp³-hybridized carbons (Fsp3) is 0.877. The highest BCUT2D eigenvalue weighted by Gasteiger charge is 2.18. The predicted octanol–water partition coefficient (Wildman–Crippen LogP) is 20.0. The maximum absolute atomic E-state index is 12.5. The Labute approximate surface area is 443 Å². The molecule has 0 radical (unpaired) electrons. The smallest absolute Gasteiger partial charge is 0.305 e. The monoisotopic (exact) mass is 998 g/mol. The topological polar surface area (TPSA) is 95.9 Å². The van der Waals surface area contributed by atoms with Crippen molar-refractivity contribution in [2.45, 2.75) is 353 Å². The second kappa shape index (κ2) is 60.6. The van der Waals surface area contributed by atoms with Crippen LogP contribution in [-0.4, -0.2) is 47.4 Å². The van der Waals surface area contributed by atoms with Crippen molar-refractivity contribution in [3.8, 4) is 0 Å². The first-order chi connectivity index (χ1) is 35.0. The zero-order chi connectivity index (χ0) is 51.4. The summed E-state index contributed by atoms with van der Waals surface area (Å²) in [5.74, 6) is -0.0672. The highest BCUT2D eigenvalue weighted by molar-refractivity contribution is 5.76. The lowest BCUT2D eigenvalue weighted by Crippen LogP contribution is -2.45. The highest BCUT2D eigenvalue weighted by atomic mass is 16.5. The average Bonchev–Trinajstić information content (AvgIpc) is 3.37. The van der Waals surface area contributed by atoms with Crippen LogP contribution in [0.25, 0.3) is 0 Å². The zero-order valence-electron chi connectivity index (χ0n) is 47.7. The summed E-state index contributed by atoms with van der Waals surface area (Å²) < 4.78 is 5.49. The number of hydrogen-bond acceptors (Lipinski definition) is 5. The van der Waals surface area contributed by atoms with Gasteiger partial charge in [0.05, 0.1) is 25.4 Å². The van der Waals surface area contributed by atoms with E-state index >= 15 is 0 Å². The van der Waals surface area contributed by atoms with Crippen LogP contribution in [-0.2, 0) is 14.3 Å². The van der Waals surface area contributed by atoms with E-state index in [0.29, 0.717) is 19.4 Å². The molecule has 0 saturated carbocycles. The molecular weight excluding hydrogens is 875 g/mol. The Kier molecular flexibility index (Phi) is 59.0. The number of unbranched alkanes of at least 4 members (excludes halogenated alkanes) is 44. The van der Waals surface area contributed by atoms with Gasteiger partial charge in [0.1, 0.15) is 0 Å². The molecule has 0 bridgehead atoms. The van der Waals surface area contributed by atoms with Crippen molar-refractivity contribution in [3.05, 3.63) is 36.5 Å². The first-order valence-corrected chi connectivity index (χ1v) is 31.8. The third-order valence-corrected chi connectivity index (χ3v) is 14.7. The minimum Gasteiger partial charge on any atom is -0.466 e. The van der Waals surface area contributed by atoms with Gasteiger partial charge >= 0.3 is 5.97 Å².